The zero-order valence-electron chi connectivity index (χ0n) is 15.4. The van der Waals surface area contributed by atoms with Gasteiger partial charge in [-0.3, -0.25) is 4.90 Å². The summed E-state index contributed by atoms with van der Waals surface area (Å²) in [6.45, 7) is 20.5. The Morgan fingerprint density at radius 3 is 2.10 bits per heavy atom. The molecular weight excluding hydrogens is 276 g/mol. The molecule has 1 rings (SSSR count). The smallest absolute Gasteiger partial charge is 0.192 e. The number of nitriles is 1. The van der Waals surface area contributed by atoms with Crippen LogP contribution in [0.15, 0.2) is 0 Å². The molecule has 21 heavy (non-hydrogen) atoms. The molecule has 0 spiro atoms. The van der Waals surface area contributed by atoms with Crippen molar-refractivity contribution in [1.82, 2.24) is 4.90 Å². The second-order valence-corrected chi connectivity index (χ2v) is 13.7. The van der Waals surface area contributed by atoms with Gasteiger partial charge in [-0.1, -0.05) is 20.8 Å². The monoisotopic (exact) mass is 310 g/mol. The third-order valence-corrected chi connectivity index (χ3v) is 9.73. The van der Waals surface area contributed by atoms with E-state index in [9.17, 15) is 0 Å². The molecule has 0 unspecified atom stereocenters. The number of rotatable bonds is 3. The molecule has 0 aromatic heterocycles. The first-order valence-corrected chi connectivity index (χ1v) is 11.1. The van der Waals surface area contributed by atoms with E-state index in [0.717, 1.165) is 6.42 Å². The first-order chi connectivity index (χ1) is 9.31. The third-order valence-electron chi connectivity index (χ3n) is 5.23. The largest absolute Gasteiger partial charge is 0.412 e. The highest BCUT2D eigenvalue weighted by Crippen LogP contribution is 2.42. The Kier molecular flexibility index (Phi) is 5.36. The molecule has 0 aliphatic carbocycles. The van der Waals surface area contributed by atoms with Crippen LogP contribution in [0, 0.1) is 11.3 Å². The standard InChI is InChI=1S/C17H34N2OSi/c1-13-15(20-21(8,9)17(5,6)7)12-14(10-11-18)19(13)16(2,3)4/h13-15H,10,12H2,1-9H3/t13-,14+,15+/m0/s1. The van der Waals surface area contributed by atoms with Gasteiger partial charge in [0.25, 0.3) is 0 Å². The maximum Gasteiger partial charge on any atom is 0.192 e. The lowest BCUT2D eigenvalue weighted by Crippen LogP contribution is -2.51. The van der Waals surface area contributed by atoms with E-state index in [1.165, 1.54) is 0 Å². The molecule has 0 N–H and O–H groups in total. The van der Waals surface area contributed by atoms with Crippen molar-refractivity contribution in [2.45, 2.75) is 103 Å². The average molecular weight is 311 g/mol. The summed E-state index contributed by atoms with van der Waals surface area (Å²) in [6, 6.07) is 3.05. The molecule has 0 bridgehead atoms. The lowest BCUT2D eigenvalue weighted by atomic mass is 10.0. The normalized spacial score (nSPS) is 28.7. The molecule has 1 heterocycles. The molecule has 3 nitrogen and oxygen atoms in total. The topological polar surface area (TPSA) is 36.3 Å². The average Bonchev–Trinajstić information content (AvgIpc) is 2.53. The first kappa shape index (κ1) is 18.7. The Labute approximate surface area is 132 Å². The number of hydrogen-bond donors (Lipinski definition) is 0. The van der Waals surface area contributed by atoms with Crippen molar-refractivity contribution < 1.29 is 4.43 Å². The predicted molar refractivity (Wildman–Crippen MR) is 91.8 cm³/mol. The van der Waals surface area contributed by atoms with Crippen LogP contribution >= 0.6 is 0 Å². The van der Waals surface area contributed by atoms with Crippen molar-refractivity contribution in [1.29, 1.82) is 5.26 Å². The van der Waals surface area contributed by atoms with E-state index < -0.39 is 8.32 Å². The highest BCUT2D eigenvalue weighted by atomic mass is 28.4. The lowest BCUT2D eigenvalue weighted by Gasteiger charge is -2.42. The van der Waals surface area contributed by atoms with Gasteiger partial charge < -0.3 is 4.43 Å². The number of nitrogens with zero attached hydrogens (tertiary/aromatic N) is 2. The van der Waals surface area contributed by atoms with Gasteiger partial charge in [0.05, 0.1) is 18.6 Å². The zero-order chi connectivity index (χ0) is 16.6. The summed E-state index contributed by atoms with van der Waals surface area (Å²) in [5, 5.41) is 9.36. The molecule has 1 saturated heterocycles. The molecule has 1 aliphatic rings. The van der Waals surface area contributed by atoms with Crippen molar-refractivity contribution in [2.24, 2.45) is 0 Å². The van der Waals surface area contributed by atoms with E-state index in [2.05, 4.69) is 72.5 Å². The molecule has 0 aromatic rings. The van der Waals surface area contributed by atoms with Gasteiger partial charge in [0.1, 0.15) is 0 Å². The van der Waals surface area contributed by atoms with Gasteiger partial charge in [-0.05, 0) is 52.2 Å². The molecule has 0 radical (unpaired) electrons. The number of likely N-dealkylation sites (tertiary alicyclic amines) is 1. The molecule has 0 saturated carbocycles. The fourth-order valence-corrected chi connectivity index (χ4v) is 4.64. The third kappa shape index (κ3) is 4.09. The predicted octanol–water partition coefficient (Wildman–Crippen LogP) is 4.55. The molecule has 0 amide bonds. The summed E-state index contributed by atoms with van der Waals surface area (Å²) in [5.74, 6) is 0. The van der Waals surface area contributed by atoms with Crippen LogP contribution in [-0.4, -0.2) is 36.9 Å². The van der Waals surface area contributed by atoms with Gasteiger partial charge in [0.2, 0.25) is 0 Å². The lowest BCUT2D eigenvalue weighted by molar-refractivity contribution is 0.0572. The maximum absolute atomic E-state index is 9.14. The van der Waals surface area contributed by atoms with Gasteiger partial charge in [-0.15, -0.1) is 0 Å². The molecule has 4 heteroatoms. The van der Waals surface area contributed by atoms with Crippen LogP contribution < -0.4 is 0 Å². The molecule has 122 valence electrons. The quantitative estimate of drug-likeness (QED) is 0.717. The SMILES string of the molecule is C[C@H]1[C@H](O[Si](C)(C)C(C)(C)C)C[C@@H](CC#N)N1C(C)(C)C. The summed E-state index contributed by atoms with van der Waals surface area (Å²) >= 11 is 0. The molecule has 3 atom stereocenters. The Bertz CT molecular complexity index is 400. The summed E-state index contributed by atoms with van der Waals surface area (Å²) in [7, 11) is -1.76. The fourth-order valence-electron chi connectivity index (χ4n) is 3.24. The highest BCUT2D eigenvalue weighted by Gasteiger charge is 2.48. The second-order valence-electron chi connectivity index (χ2n) is 8.99. The van der Waals surface area contributed by atoms with E-state index in [1.54, 1.807) is 0 Å². The summed E-state index contributed by atoms with van der Waals surface area (Å²) < 4.78 is 6.67. The fraction of sp³-hybridized carbons (Fsp3) is 0.941. The van der Waals surface area contributed by atoms with Gasteiger partial charge in [-0.2, -0.15) is 5.26 Å². The zero-order valence-corrected chi connectivity index (χ0v) is 16.4. The minimum absolute atomic E-state index is 0.0759. The number of hydrogen-bond acceptors (Lipinski definition) is 3. The second kappa shape index (κ2) is 6.02. The molecule has 1 fully saturated rings. The molecule has 0 aromatic carbocycles. The minimum Gasteiger partial charge on any atom is -0.412 e. The van der Waals surface area contributed by atoms with Crippen LogP contribution in [0.4, 0.5) is 0 Å². The van der Waals surface area contributed by atoms with Crippen molar-refractivity contribution in [2.75, 3.05) is 0 Å². The van der Waals surface area contributed by atoms with E-state index in [4.69, 9.17) is 9.69 Å². The van der Waals surface area contributed by atoms with Crippen LogP contribution in [0.1, 0.15) is 61.3 Å². The maximum atomic E-state index is 9.14. The van der Waals surface area contributed by atoms with E-state index in [1.807, 2.05) is 0 Å². The van der Waals surface area contributed by atoms with E-state index in [0.29, 0.717) is 18.5 Å². The van der Waals surface area contributed by atoms with Crippen molar-refractivity contribution in [3.63, 3.8) is 0 Å². The Balaban J connectivity index is 2.95. The van der Waals surface area contributed by atoms with E-state index in [-0.39, 0.29) is 16.7 Å². The molecule has 1 aliphatic heterocycles. The van der Waals surface area contributed by atoms with Crippen LogP contribution in [0.5, 0.6) is 0 Å². The van der Waals surface area contributed by atoms with Crippen LogP contribution in [0.3, 0.4) is 0 Å². The van der Waals surface area contributed by atoms with Gasteiger partial charge in [-0.25, -0.2) is 0 Å². The van der Waals surface area contributed by atoms with Crippen LogP contribution in [0.2, 0.25) is 18.1 Å². The van der Waals surface area contributed by atoms with Gasteiger partial charge in [0, 0.05) is 17.6 Å². The minimum atomic E-state index is -1.76. The summed E-state index contributed by atoms with van der Waals surface area (Å²) in [4.78, 5) is 2.49. The summed E-state index contributed by atoms with van der Waals surface area (Å²) in [6.07, 6.45) is 1.83. The van der Waals surface area contributed by atoms with E-state index >= 15 is 0 Å². The van der Waals surface area contributed by atoms with Gasteiger partial charge >= 0.3 is 0 Å². The van der Waals surface area contributed by atoms with Gasteiger partial charge in [0.15, 0.2) is 8.32 Å². The highest BCUT2D eigenvalue weighted by molar-refractivity contribution is 6.74. The van der Waals surface area contributed by atoms with Crippen molar-refractivity contribution in [3.05, 3.63) is 0 Å². The first-order valence-electron chi connectivity index (χ1n) is 8.14. The van der Waals surface area contributed by atoms with Crippen LogP contribution in [-0.2, 0) is 4.43 Å². The molecular formula is C17H34N2OSi. The van der Waals surface area contributed by atoms with Crippen molar-refractivity contribution in [3.8, 4) is 6.07 Å². The van der Waals surface area contributed by atoms with Crippen molar-refractivity contribution >= 4 is 8.32 Å². The Morgan fingerprint density at radius 2 is 1.71 bits per heavy atom. The Morgan fingerprint density at radius 1 is 1.19 bits per heavy atom. The van der Waals surface area contributed by atoms with Crippen LogP contribution in [0.25, 0.3) is 0 Å². The Hall–Kier alpha value is -0.373. The summed E-state index contributed by atoms with van der Waals surface area (Å²) in [5.41, 5.74) is 0.0759.